The molecule has 1 atom stereocenters. The van der Waals surface area contributed by atoms with Crippen LogP contribution in [-0.4, -0.2) is 21.6 Å². The first-order valence-corrected chi connectivity index (χ1v) is 5.18. The maximum Gasteiger partial charge on any atom is 0.192 e. The van der Waals surface area contributed by atoms with E-state index in [2.05, 4.69) is 0 Å². The minimum Gasteiger partial charge on any atom is -0.391 e. The lowest BCUT2D eigenvalue weighted by atomic mass is 9.98. The van der Waals surface area contributed by atoms with E-state index >= 15 is 0 Å². The molecule has 16 heavy (non-hydrogen) atoms. The molecule has 0 aliphatic rings. The number of aliphatic hydroxyl groups excluding tert-OH is 1. The van der Waals surface area contributed by atoms with Gasteiger partial charge in [-0.05, 0) is 27.7 Å². The van der Waals surface area contributed by atoms with Crippen LogP contribution in [0.15, 0.2) is 23.3 Å². The molecule has 0 aromatic carbocycles. The van der Waals surface area contributed by atoms with Crippen molar-refractivity contribution < 1.29 is 9.90 Å². The van der Waals surface area contributed by atoms with Crippen molar-refractivity contribution in [2.45, 2.75) is 39.3 Å². The van der Waals surface area contributed by atoms with Crippen LogP contribution in [0.2, 0.25) is 0 Å². The van der Waals surface area contributed by atoms with Gasteiger partial charge in [-0.3, -0.25) is 9.59 Å². The van der Waals surface area contributed by atoms with Gasteiger partial charge in [0.25, 0.3) is 0 Å². The molecule has 1 aromatic heterocycles. The second-order valence-corrected chi connectivity index (χ2v) is 4.52. The van der Waals surface area contributed by atoms with Crippen LogP contribution < -0.4 is 5.43 Å². The number of ketones is 1. The van der Waals surface area contributed by atoms with Gasteiger partial charge in [0, 0.05) is 18.5 Å². The zero-order chi connectivity index (χ0) is 12.5. The minimum absolute atomic E-state index is 0.149. The molecule has 1 N–H and O–H groups in total. The highest BCUT2D eigenvalue weighted by atomic mass is 16.3. The number of aliphatic hydroxyl groups is 1. The fourth-order valence-electron chi connectivity index (χ4n) is 1.32. The van der Waals surface area contributed by atoms with Crippen molar-refractivity contribution in [2.75, 3.05) is 0 Å². The molecule has 1 unspecified atom stereocenters. The van der Waals surface area contributed by atoms with Crippen molar-refractivity contribution in [3.63, 3.8) is 0 Å². The highest BCUT2D eigenvalue weighted by Crippen LogP contribution is 2.19. The first-order valence-electron chi connectivity index (χ1n) is 5.18. The first kappa shape index (κ1) is 12.6. The molecule has 0 fully saturated rings. The fraction of sp³-hybridized carbons (Fsp3) is 0.500. The Hall–Kier alpha value is -1.42. The van der Waals surface area contributed by atoms with Crippen LogP contribution in [0.5, 0.6) is 0 Å². The lowest BCUT2D eigenvalue weighted by molar-refractivity contribution is 0.0725. The number of pyridine rings is 1. The number of hydrogen-bond acceptors (Lipinski definition) is 3. The van der Waals surface area contributed by atoms with Gasteiger partial charge in [-0.25, -0.2) is 0 Å². The van der Waals surface area contributed by atoms with Crippen LogP contribution in [0.4, 0.5) is 0 Å². The SMILES string of the molecule is CC(=O)c1cn(C(C)(C)C(C)O)ccc1=O. The van der Waals surface area contributed by atoms with E-state index in [1.807, 2.05) is 13.8 Å². The lowest BCUT2D eigenvalue weighted by Crippen LogP contribution is -2.38. The summed E-state index contributed by atoms with van der Waals surface area (Å²) in [6, 6.07) is 1.35. The molecule has 0 amide bonds. The van der Waals surface area contributed by atoms with Crippen LogP contribution in [0.3, 0.4) is 0 Å². The molecule has 88 valence electrons. The van der Waals surface area contributed by atoms with Crippen molar-refractivity contribution in [3.8, 4) is 0 Å². The van der Waals surface area contributed by atoms with Crippen LogP contribution in [0.1, 0.15) is 38.1 Å². The molecule has 4 heteroatoms. The predicted octanol–water partition coefficient (Wildman–Crippen LogP) is 1.17. The highest BCUT2D eigenvalue weighted by Gasteiger charge is 2.25. The zero-order valence-electron chi connectivity index (χ0n) is 10.0. The second-order valence-electron chi connectivity index (χ2n) is 4.52. The average molecular weight is 223 g/mol. The molecule has 1 aromatic rings. The van der Waals surface area contributed by atoms with Gasteiger partial charge in [0.1, 0.15) is 0 Å². The number of aromatic nitrogens is 1. The molecular formula is C12H17NO3. The van der Waals surface area contributed by atoms with Crippen molar-refractivity contribution in [1.29, 1.82) is 0 Å². The van der Waals surface area contributed by atoms with Gasteiger partial charge in [0.15, 0.2) is 11.2 Å². The number of carbonyl (C=O) groups excluding carboxylic acids is 1. The molecule has 1 rings (SSSR count). The summed E-state index contributed by atoms with van der Waals surface area (Å²) in [5.41, 5.74) is -0.695. The quantitative estimate of drug-likeness (QED) is 0.782. The largest absolute Gasteiger partial charge is 0.391 e. The zero-order valence-corrected chi connectivity index (χ0v) is 10.0. The van der Waals surface area contributed by atoms with Crippen LogP contribution in [0, 0.1) is 0 Å². The van der Waals surface area contributed by atoms with Gasteiger partial charge in [-0.2, -0.15) is 0 Å². The Kier molecular flexibility index (Phi) is 3.33. The third kappa shape index (κ3) is 2.22. The molecule has 0 aliphatic carbocycles. The predicted molar refractivity (Wildman–Crippen MR) is 61.7 cm³/mol. The molecule has 0 saturated carbocycles. The normalized spacial score (nSPS) is 13.6. The molecule has 0 saturated heterocycles. The number of rotatable bonds is 3. The van der Waals surface area contributed by atoms with Crippen LogP contribution >= 0.6 is 0 Å². The van der Waals surface area contributed by atoms with Crippen molar-refractivity contribution >= 4 is 5.78 Å². The van der Waals surface area contributed by atoms with E-state index in [-0.39, 0.29) is 16.8 Å². The van der Waals surface area contributed by atoms with E-state index in [9.17, 15) is 14.7 Å². The Labute approximate surface area is 94.5 Å². The van der Waals surface area contributed by atoms with E-state index in [1.165, 1.54) is 19.2 Å². The Morgan fingerprint density at radius 1 is 1.50 bits per heavy atom. The van der Waals surface area contributed by atoms with Gasteiger partial charge in [0.2, 0.25) is 0 Å². The van der Waals surface area contributed by atoms with Crippen molar-refractivity contribution in [3.05, 3.63) is 34.2 Å². The standard InChI is InChI=1S/C12H17NO3/c1-8(14)10-7-13(6-5-11(10)16)12(3,4)9(2)15/h5-7,9,15H,1-4H3. The average Bonchev–Trinajstić information content (AvgIpc) is 2.17. The van der Waals surface area contributed by atoms with Gasteiger partial charge in [-0.15, -0.1) is 0 Å². The van der Waals surface area contributed by atoms with Crippen LogP contribution in [-0.2, 0) is 5.54 Å². The van der Waals surface area contributed by atoms with E-state index < -0.39 is 11.6 Å². The first-order chi connectivity index (χ1) is 7.26. The molecule has 0 bridgehead atoms. The molecule has 0 radical (unpaired) electrons. The number of hydrogen-bond donors (Lipinski definition) is 1. The summed E-state index contributed by atoms with van der Waals surface area (Å²) in [7, 11) is 0. The Morgan fingerprint density at radius 2 is 2.06 bits per heavy atom. The van der Waals surface area contributed by atoms with E-state index in [4.69, 9.17) is 0 Å². The van der Waals surface area contributed by atoms with E-state index in [0.717, 1.165) is 0 Å². The summed E-state index contributed by atoms with van der Waals surface area (Å²) in [5.74, 6) is -0.263. The Morgan fingerprint density at radius 3 is 2.50 bits per heavy atom. The Balaban J connectivity index is 3.33. The number of carbonyl (C=O) groups is 1. The summed E-state index contributed by atoms with van der Waals surface area (Å²) >= 11 is 0. The molecule has 0 aliphatic heterocycles. The maximum absolute atomic E-state index is 11.4. The summed E-state index contributed by atoms with van der Waals surface area (Å²) < 4.78 is 1.69. The second kappa shape index (κ2) is 4.22. The summed E-state index contributed by atoms with van der Waals surface area (Å²) in [5, 5.41) is 9.65. The highest BCUT2D eigenvalue weighted by molar-refractivity contribution is 5.93. The van der Waals surface area contributed by atoms with Crippen molar-refractivity contribution in [2.24, 2.45) is 0 Å². The van der Waals surface area contributed by atoms with E-state index in [0.29, 0.717) is 0 Å². The number of Topliss-reactive ketones (excluding diaryl/α,β-unsaturated/α-hetero) is 1. The summed E-state index contributed by atoms with van der Waals surface area (Å²) in [6.45, 7) is 6.71. The third-order valence-corrected chi connectivity index (χ3v) is 2.99. The topological polar surface area (TPSA) is 59.3 Å². The van der Waals surface area contributed by atoms with Gasteiger partial charge in [-0.1, -0.05) is 0 Å². The molecule has 1 heterocycles. The lowest BCUT2D eigenvalue weighted by Gasteiger charge is -2.31. The number of nitrogens with zero attached hydrogens (tertiary/aromatic N) is 1. The Bertz CT molecular complexity index is 458. The van der Waals surface area contributed by atoms with Gasteiger partial charge >= 0.3 is 0 Å². The van der Waals surface area contributed by atoms with E-state index in [1.54, 1.807) is 17.7 Å². The summed E-state index contributed by atoms with van der Waals surface area (Å²) in [6.07, 6.45) is 2.49. The van der Waals surface area contributed by atoms with Crippen LogP contribution in [0.25, 0.3) is 0 Å². The minimum atomic E-state index is -0.588. The summed E-state index contributed by atoms with van der Waals surface area (Å²) in [4.78, 5) is 22.7. The molecule has 4 nitrogen and oxygen atoms in total. The molecular weight excluding hydrogens is 206 g/mol. The monoisotopic (exact) mass is 223 g/mol. The third-order valence-electron chi connectivity index (χ3n) is 2.99. The smallest absolute Gasteiger partial charge is 0.192 e. The maximum atomic E-state index is 11.4. The van der Waals surface area contributed by atoms with Gasteiger partial charge in [0.05, 0.1) is 17.2 Å². The molecule has 0 spiro atoms. The van der Waals surface area contributed by atoms with Gasteiger partial charge < -0.3 is 9.67 Å². The fourth-order valence-corrected chi connectivity index (χ4v) is 1.32. The van der Waals surface area contributed by atoms with Crippen molar-refractivity contribution in [1.82, 2.24) is 4.57 Å².